The predicted molar refractivity (Wildman–Crippen MR) is 81.7 cm³/mol. The molecule has 4 nitrogen and oxygen atoms in total. The Balaban J connectivity index is 2.08. The highest BCUT2D eigenvalue weighted by atomic mass is 79.9. The predicted octanol–water partition coefficient (Wildman–Crippen LogP) is 2.75. The van der Waals surface area contributed by atoms with Crippen molar-refractivity contribution in [1.82, 2.24) is 8.61 Å². The van der Waals surface area contributed by atoms with E-state index < -0.39 is 10.2 Å². The van der Waals surface area contributed by atoms with E-state index in [-0.39, 0.29) is 6.04 Å². The molecule has 1 saturated carbocycles. The zero-order valence-corrected chi connectivity index (χ0v) is 14.1. The van der Waals surface area contributed by atoms with Crippen LogP contribution in [0.15, 0.2) is 0 Å². The molecule has 2 rings (SSSR count). The first-order valence-electron chi connectivity index (χ1n) is 7.40. The van der Waals surface area contributed by atoms with Gasteiger partial charge in [0.1, 0.15) is 0 Å². The molecule has 0 aromatic heterocycles. The maximum absolute atomic E-state index is 12.7. The van der Waals surface area contributed by atoms with Gasteiger partial charge in [-0.25, -0.2) is 0 Å². The summed E-state index contributed by atoms with van der Waals surface area (Å²) in [5.74, 6) is 0. The van der Waals surface area contributed by atoms with Gasteiger partial charge in [0.15, 0.2) is 0 Å². The molecule has 112 valence electrons. The van der Waals surface area contributed by atoms with E-state index in [4.69, 9.17) is 0 Å². The van der Waals surface area contributed by atoms with Crippen LogP contribution in [-0.2, 0) is 10.2 Å². The lowest BCUT2D eigenvalue weighted by Gasteiger charge is -2.37. The van der Waals surface area contributed by atoms with Crippen molar-refractivity contribution in [1.29, 1.82) is 0 Å². The summed E-state index contributed by atoms with van der Waals surface area (Å²) in [7, 11) is -1.53. The van der Waals surface area contributed by atoms with Gasteiger partial charge in [0.05, 0.1) is 0 Å². The minimum Gasteiger partial charge on any atom is -0.195 e. The van der Waals surface area contributed by atoms with Gasteiger partial charge in [-0.1, -0.05) is 41.6 Å². The Morgan fingerprint density at radius 2 is 1.58 bits per heavy atom. The summed E-state index contributed by atoms with van der Waals surface area (Å²) in [5.41, 5.74) is 0. The van der Waals surface area contributed by atoms with Crippen molar-refractivity contribution in [2.45, 2.75) is 62.2 Å². The average molecular weight is 353 g/mol. The second-order valence-corrected chi connectivity index (χ2v) is 8.87. The van der Waals surface area contributed by atoms with E-state index in [1.807, 2.05) is 0 Å². The molecular weight excluding hydrogens is 328 g/mol. The van der Waals surface area contributed by atoms with Gasteiger partial charge >= 0.3 is 0 Å². The summed E-state index contributed by atoms with van der Waals surface area (Å²) in [5, 5.41) is 0. The van der Waals surface area contributed by atoms with Gasteiger partial charge in [-0.15, -0.1) is 0 Å². The molecule has 0 N–H and O–H groups in total. The summed E-state index contributed by atoms with van der Waals surface area (Å²) in [6.07, 6.45) is 8.67. The number of rotatable bonds is 3. The Morgan fingerprint density at radius 1 is 1.00 bits per heavy atom. The molecule has 2 unspecified atom stereocenters. The molecule has 0 spiro atoms. The van der Waals surface area contributed by atoms with Gasteiger partial charge in [0.2, 0.25) is 0 Å². The molecular formula is C13H25BrN2O2S. The van der Waals surface area contributed by atoms with Crippen LogP contribution < -0.4 is 0 Å². The van der Waals surface area contributed by atoms with Crippen LogP contribution in [0, 0.1) is 0 Å². The fraction of sp³-hybridized carbons (Fsp3) is 1.00. The van der Waals surface area contributed by atoms with Crippen molar-refractivity contribution in [2.24, 2.45) is 0 Å². The van der Waals surface area contributed by atoms with Crippen molar-refractivity contribution < 1.29 is 8.42 Å². The zero-order valence-electron chi connectivity index (χ0n) is 11.7. The fourth-order valence-corrected chi connectivity index (χ4v) is 5.88. The number of alkyl halides is 1. The molecule has 0 amide bonds. The molecule has 2 aliphatic rings. The highest BCUT2D eigenvalue weighted by molar-refractivity contribution is 9.09. The highest BCUT2D eigenvalue weighted by Crippen LogP contribution is 2.30. The third-order valence-electron chi connectivity index (χ3n) is 4.37. The van der Waals surface area contributed by atoms with E-state index in [1.165, 1.54) is 6.42 Å². The minimum absolute atomic E-state index is 0.113. The molecule has 2 fully saturated rings. The van der Waals surface area contributed by atoms with Gasteiger partial charge in [0.25, 0.3) is 10.2 Å². The first-order valence-corrected chi connectivity index (χ1v) is 9.72. The Kier molecular flexibility index (Phi) is 5.69. The van der Waals surface area contributed by atoms with E-state index in [1.54, 1.807) is 15.7 Å². The SMILES string of the molecule is CN(C1CCCCC1Br)S(=O)(=O)N1CCCCCC1. The zero-order chi connectivity index (χ0) is 13.9. The van der Waals surface area contributed by atoms with Crippen LogP contribution in [0.5, 0.6) is 0 Å². The van der Waals surface area contributed by atoms with E-state index in [0.29, 0.717) is 17.9 Å². The summed E-state index contributed by atoms with van der Waals surface area (Å²) in [4.78, 5) is 0.299. The molecule has 1 saturated heterocycles. The van der Waals surface area contributed by atoms with Crippen molar-refractivity contribution >= 4 is 26.1 Å². The van der Waals surface area contributed by atoms with Crippen LogP contribution >= 0.6 is 15.9 Å². The van der Waals surface area contributed by atoms with E-state index in [9.17, 15) is 8.42 Å². The average Bonchev–Trinajstić information content (AvgIpc) is 2.67. The number of hydrogen-bond acceptors (Lipinski definition) is 2. The Labute approximate surface area is 125 Å². The first kappa shape index (κ1) is 15.7. The maximum Gasteiger partial charge on any atom is 0.282 e. The smallest absolute Gasteiger partial charge is 0.195 e. The molecule has 0 bridgehead atoms. The normalized spacial score (nSPS) is 31.3. The number of hydrogen-bond donors (Lipinski definition) is 0. The van der Waals surface area contributed by atoms with Crippen molar-refractivity contribution in [3.63, 3.8) is 0 Å². The van der Waals surface area contributed by atoms with Gasteiger partial charge in [-0.3, -0.25) is 0 Å². The largest absolute Gasteiger partial charge is 0.282 e. The third-order valence-corrected chi connectivity index (χ3v) is 7.45. The number of nitrogens with zero attached hydrogens (tertiary/aromatic N) is 2. The van der Waals surface area contributed by atoms with Gasteiger partial charge in [0, 0.05) is 31.0 Å². The molecule has 1 aliphatic carbocycles. The molecule has 6 heteroatoms. The molecule has 0 radical (unpaired) electrons. The molecule has 1 aliphatic heterocycles. The molecule has 0 aromatic carbocycles. The van der Waals surface area contributed by atoms with Crippen LogP contribution in [-0.4, -0.2) is 48.0 Å². The van der Waals surface area contributed by atoms with Crippen LogP contribution in [0.3, 0.4) is 0 Å². The lowest BCUT2D eigenvalue weighted by atomic mass is 9.96. The molecule has 19 heavy (non-hydrogen) atoms. The van der Waals surface area contributed by atoms with E-state index >= 15 is 0 Å². The second kappa shape index (κ2) is 6.87. The summed E-state index contributed by atoms with van der Waals surface area (Å²) in [6.45, 7) is 1.37. The maximum atomic E-state index is 12.7. The van der Waals surface area contributed by atoms with E-state index in [2.05, 4.69) is 15.9 Å². The van der Waals surface area contributed by atoms with Crippen molar-refractivity contribution in [3.05, 3.63) is 0 Å². The molecule has 2 atom stereocenters. The Morgan fingerprint density at radius 3 is 2.16 bits per heavy atom. The van der Waals surface area contributed by atoms with Gasteiger partial charge < -0.3 is 0 Å². The van der Waals surface area contributed by atoms with Crippen LogP contribution in [0.1, 0.15) is 51.4 Å². The quantitative estimate of drug-likeness (QED) is 0.732. The van der Waals surface area contributed by atoms with E-state index in [0.717, 1.165) is 44.9 Å². The van der Waals surface area contributed by atoms with Crippen molar-refractivity contribution in [3.8, 4) is 0 Å². The topological polar surface area (TPSA) is 40.6 Å². The van der Waals surface area contributed by atoms with Crippen LogP contribution in [0.25, 0.3) is 0 Å². The Bertz CT molecular complexity index is 380. The monoisotopic (exact) mass is 352 g/mol. The third kappa shape index (κ3) is 3.71. The van der Waals surface area contributed by atoms with Crippen LogP contribution in [0.2, 0.25) is 0 Å². The summed E-state index contributed by atoms with van der Waals surface area (Å²) >= 11 is 3.66. The summed E-state index contributed by atoms with van der Waals surface area (Å²) in [6, 6.07) is 0.113. The minimum atomic E-state index is -3.28. The first-order chi connectivity index (χ1) is 9.03. The Hall–Kier alpha value is 0.350. The fourth-order valence-electron chi connectivity index (χ4n) is 3.10. The van der Waals surface area contributed by atoms with Gasteiger partial charge in [-0.05, 0) is 25.7 Å². The molecule has 0 aromatic rings. The van der Waals surface area contributed by atoms with Crippen LogP contribution in [0.4, 0.5) is 0 Å². The lowest BCUT2D eigenvalue weighted by molar-refractivity contribution is 0.272. The van der Waals surface area contributed by atoms with Gasteiger partial charge in [-0.2, -0.15) is 17.0 Å². The van der Waals surface area contributed by atoms with Crippen molar-refractivity contribution in [2.75, 3.05) is 20.1 Å². The highest BCUT2D eigenvalue weighted by Gasteiger charge is 2.36. The lowest BCUT2D eigenvalue weighted by Crippen LogP contribution is -2.50. The standard InChI is InChI=1S/C13H25BrN2O2S/c1-15(13-9-5-4-8-12(13)14)19(17,18)16-10-6-2-3-7-11-16/h12-13H,2-11H2,1H3. The summed E-state index contributed by atoms with van der Waals surface area (Å²) < 4.78 is 28.7. The second-order valence-electron chi connectivity index (χ2n) is 5.71. The number of halogens is 1. The molecule has 1 heterocycles.